The molecule has 12 heteroatoms. The highest BCUT2D eigenvalue weighted by Gasteiger charge is 2.70. The predicted molar refractivity (Wildman–Crippen MR) is 129 cm³/mol. The van der Waals surface area contributed by atoms with Crippen LogP contribution in [-0.4, -0.2) is 34.5 Å². The second-order valence-corrected chi connectivity index (χ2v) is 9.51. The van der Waals surface area contributed by atoms with Gasteiger partial charge >= 0.3 is 0 Å². The molecule has 174 valence electrons. The molecular weight excluding hydrogens is 484 g/mol. The van der Waals surface area contributed by atoms with Crippen LogP contribution < -0.4 is 4.90 Å². The Balaban J connectivity index is 1.65. The molecule has 35 heavy (non-hydrogen) atoms. The Morgan fingerprint density at radius 2 is 1.94 bits per heavy atom. The number of nitrogens with one attached hydrogen (secondary N) is 3. The zero-order valence-electron chi connectivity index (χ0n) is 18.0. The smallest absolute Gasteiger partial charge is 0.233 e. The third-order valence-corrected chi connectivity index (χ3v) is 7.71. The number of ether oxygens (including phenoxy) is 1. The second-order valence-electron chi connectivity index (χ2n) is 7.95. The van der Waals surface area contributed by atoms with Crippen LogP contribution in [0.5, 0.6) is 0 Å². The summed E-state index contributed by atoms with van der Waals surface area (Å²) in [7, 11) is 0. The quantitative estimate of drug-likeness (QED) is 0.308. The van der Waals surface area contributed by atoms with Crippen LogP contribution in [0.2, 0.25) is 0 Å². The molecule has 0 radical (unpaired) electrons. The van der Waals surface area contributed by atoms with Crippen molar-refractivity contribution in [1.82, 2.24) is 34.5 Å². The van der Waals surface area contributed by atoms with Gasteiger partial charge in [0.1, 0.15) is 16.5 Å². The lowest BCUT2D eigenvalue weighted by atomic mass is 9.86. The van der Waals surface area contributed by atoms with Crippen LogP contribution in [0.15, 0.2) is 88.8 Å². The summed E-state index contributed by atoms with van der Waals surface area (Å²) in [5.74, 6) is 1.22. The van der Waals surface area contributed by atoms with Crippen molar-refractivity contribution < 1.29 is 9.15 Å². The first-order chi connectivity index (χ1) is 17.3. The normalized spacial score (nSPS) is 24.3. The fourth-order valence-corrected chi connectivity index (χ4v) is 6.38. The van der Waals surface area contributed by atoms with Crippen molar-refractivity contribution in [3.63, 3.8) is 0 Å². The maximum Gasteiger partial charge on any atom is 0.233 e. The predicted octanol–water partition coefficient (Wildman–Crippen LogP) is 4.39. The largest absolute Gasteiger partial charge is 0.449 e. The molecule has 0 spiro atoms. The van der Waals surface area contributed by atoms with Gasteiger partial charge < -0.3 is 19.1 Å². The van der Waals surface area contributed by atoms with Crippen molar-refractivity contribution >= 4 is 28.8 Å². The van der Waals surface area contributed by atoms with Gasteiger partial charge in [-0.15, -0.1) is 11.3 Å². The van der Waals surface area contributed by atoms with Gasteiger partial charge in [0.2, 0.25) is 5.72 Å². The average Bonchev–Trinajstić information content (AvgIpc) is 3.71. The van der Waals surface area contributed by atoms with E-state index in [0.717, 1.165) is 10.7 Å². The van der Waals surface area contributed by atoms with E-state index >= 15 is 0 Å². The topological polar surface area (TPSA) is 125 Å². The van der Waals surface area contributed by atoms with Gasteiger partial charge in [-0.3, -0.25) is 10.00 Å². The van der Waals surface area contributed by atoms with Crippen molar-refractivity contribution in [2.75, 3.05) is 4.90 Å². The van der Waals surface area contributed by atoms with Crippen LogP contribution in [-0.2, 0) is 16.0 Å². The van der Waals surface area contributed by atoms with Crippen LogP contribution in [0.1, 0.15) is 34.0 Å². The van der Waals surface area contributed by atoms with E-state index in [1.807, 2.05) is 53.4 Å². The lowest BCUT2D eigenvalue weighted by Crippen LogP contribution is -2.54. The van der Waals surface area contributed by atoms with E-state index in [9.17, 15) is 0 Å². The van der Waals surface area contributed by atoms with Gasteiger partial charge in [-0.1, -0.05) is 0 Å². The van der Waals surface area contributed by atoms with Gasteiger partial charge in [0.25, 0.3) is 0 Å². The molecule has 6 aromatic rings. The lowest BCUT2D eigenvalue weighted by Gasteiger charge is -2.42. The van der Waals surface area contributed by atoms with Gasteiger partial charge in [-0.25, -0.2) is 9.97 Å². The number of aromatic nitrogens is 7. The van der Waals surface area contributed by atoms with Crippen molar-refractivity contribution in [1.29, 1.82) is 0 Å². The van der Waals surface area contributed by atoms with Crippen LogP contribution in [0.25, 0.3) is 0 Å². The number of nitrogens with zero attached hydrogens (tertiary/aromatic N) is 5. The van der Waals surface area contributed by atoms with E-state index in [0.29, 0.717) is 23.1 Å². The molecule has 1 fully saturated rings. The van der Waals surface area contributed by atoms with Crippen molar-refractivity contribution in [3.8, 4) is 0 Å². The fraction of sp³-hybridized carbons (Fsp3) is 0.130. The summed E-state index contributed by atoms with van der Waals surface area (Å²) >= 11 is 2.88. The molecular formula is C23H18N8O2S2. The first-order valence-corrected chi connectivity index (χ1v) is 12.5. The van der Waals surface area contributed by atoms with Gasteiger partial charge in [0.05, 0.1) is 17.7 Å². The molecule has 1 aliphatic rings. The third-order valence-electron chi connectivity index (χ3n) is 6.25. The number of hydrogen-bond donors (Lipinski definition) is 3. The molecule has 0 aliphatic carbocycles. The first kappa shape index (κ1) is 20.4. The number of anilines is 1. The number of rotatable bonds is 6. The van der Waals surface area contributed by atoms with Gasteiger partial charge in [0, 0.05) is 47.8 Å². The fourth-order valence-electron chi connectivity index (χ4n) is 4.97. The number of furan rings is 1. The molecule has 7 rings (SSSR count). The zero-order valence-corrected chi connectivity index (χ0v) is 19.7. The molecule has 3 N–H and O–H groups in total. The van der Waals surface area contributed by atoms with Crippen LogP contribution in [0.4, 0.5) is 5.88 Å². The second kappa shape index (κ2) is 7.77. The molecule has 1 aliphatic heterocycles. The SMILES string of the molecule is c1c[nH]c(C2(c3nccs3)C(c3ncc[nH]3)OC(c3ccsn3)(c3ccn[nH]3)N2c2ccco2)c1. The summed E-state index contributed by atoms with van der Waals surface area (Å²) in [5, 5.41) is 12.1. The lowest BCUT2D eigenvalue weighted by molar-refractivity contribution is -0.0328. The number of imidazole rings is 1. The molecule has 0 aromatic carbocycles. The highest BCUT2D eigenvalue weighted by molar-refractivity contribution is 7.09. The van der Waals surface area contributed by atoms with Gasteiger partial charge in [-0.2, -0.15) is 9.47 Å². The zero-order chi connectivity index (χ0) is 23.3. The monoisotopic (exact) mass is 502 g/mol. The van der Waals surface area contributed by atoms with Gasteiger partial charge in [0.15, 0.2) is 17.5 Å². The van der Waals surface area contributed by atoms with E-state index in [4.69, 9.17) is 18.5 Å². The standard InChI is InChI=1S/C23H18N8O2S2/c1-3-15(24-7-1)22(21-27-11-14-34-21)19(20-25-9-10-26-20)33-23(16-5-8-28-29-16,17-6-13-35-30-17)31(22)18-4-2-12-32-18/h1-14,19,24H,(H,25,26)(H,28,29). The van der Waals surface area contributed by atoms with E-state index in [1.54, 1.807) is 31.1 Å². The number of aromatic amines is 3. The van der Waals surface area contributed by atoms with Crippen LogP contribution in [0.3, 0.4) is 0 Å². The summed E-state index contributed by atoms with van der Waals surface area (Å²) < 4.78 is 18.0. The summed E-state index contributed by atoms with van der Waals surface area (Å²) in [4.78, 5) is 18.3. The van der Waals surface area contributed by atoms with Crippen LogP contribution >= 0.6 is 22.9 Å². The molecule has 7 heterocycles. The average molecular weight is 503 g/mol. The number of thiazole rings is 1. The Bertz CT molecular complexity index is 1410. The Labute approximate surface area is 206 Å². The maximum absolute atomic E-state index is 7.17. The van der Waals surface area contributed by atoms with E-state index in [1.165, 1.54) is 22.9 Å². The Morgan fingerprint density at radius 3 is 2.60 bits per heavy atom. The minimum absolute atomic E-state index is 0.575. The van der Waals surface area contributed by atoms with Crippen LogP contribution in [0, 0.1) is 0 Å². The Hall–Kier alpha value is -4.00. The van der Waals surface area contributed by atoms with Crippen molar-refractivity contribution in [3.05, 3.63) is 112 Å². The summed E-state index contributed by atoms with van der Waals surface area (Å²) in [6.07, 6.45) is 9.90. The highest BCUT2D eigenvalue weighted by atomic mass is 32.1. The minimum Gasteiger partial charge on any atom is -0.449 e. The van der Waals surface area contributed by atoms with E-state index in [2.05, 4.69) is 30.0 Å². The maximum atomic E-state index is 7.17. The molecule has 0 saturated carbocycles. The van der Waals surface area contributed by atoms with Crippen molar-refractivity contribution in [2.24, 2.45) is 0 Å². The minimum atomic E-state index is -1.25. The highest BCUT2D eigenvalue weighted by Crippen LogP contribution is 2.62. The molecule has 0 amide bonds. The summed E-state index contributed by atoms with van der Waals surface area (Å²) in [6.45, 7) is 0. The molecule has 1 saturated heterocycles. The first-order valence-electron chi connectivity index (χ1n) is 10.8. The molecule has 10 nitrogen and oxygen atoms in total. The number of H-pyrrole nitrogens is 3. The molecule has 6 aromatic heterocycles. The summed E-state index contributed by atoms with van der Waals surface area (Å²) in [6, 6.07) is 11.6. The Kier molecular flexibility index (Phi) is 4.52. The number of hydrogen-bond acceptors (Lipinski definition) is 9. The van der Waals surface area contributed by atoms with Crippen molar-refractivity contribution in [2.45, 2.75) is 17.4 Å². The Morgan fingerprint density at radius 1 is 0.943 bits per heavy atom. The molecule has 3 unspecified atom stereocenters. The van der Waals surface area contributed by atoms with E-state index < -0.39 is 17.4 Å². The molecule has 0 bridgehead atoms. The molecule has 3 atom stereocenters. The third kappa shape index (κ3) is 2.72. The summed E-state index contributed by atoms with van der Waals surface area (Å²) in [5.41, 5.74) is -0.0158. The van der Waals surface area contributed by atoms with Gasteiger partial charge in [-0.05, 0) is 41.9 Å². The van der Waals surface area contributed by atoms with E-state index in [-0.39, 0.29) is 0 Å².